The zero-order chi connectivity index (χ0) is 15.7. The van der Waals surface area contributed by atoms with Gasteiger partial charge in [0, 0.05) is 23.6 Å². The van der Waals surface area contributed by atoms with E-state index < -0.39 is 0 Å². The van der Waals surface area contributed by atoms with Crippen LogP contribution >= 0.6 is 15.9 Å². The number of carbonyl (C=O) groups is 3. The quantitative estimate of drug-likeness (QED) is 0.617. The Morgan fingerprint density at radius 3 is 2.68 bits per heavy atom. The molecule has 1 aliphatic heterocycles. The van der Waals surface area contributed by atoms with Crippen LogP contribution in [0.2, 0.25) is 0 Å². The Hall–Kier alpha value is -1.89. The van der Waals surface area contributed by atoms with Crippen molar-refractivity contribution < 1.29 is 14.4 Å². The molecule has 2 aliphatic rings. The third kappa shape index (κ3) is 3.14. The van der Waals surface area contributed by atoms with E-state index in [9.17, 15) is 14.4 Å². The molecule has 0 atom stereocenters. The maximum atomic E-state index is 12.2. The van der Waals surface area contributed by atoms with Crippen LogP contribution in [0, 0.1) is 0 Å². The van der Waals surface area contributed by atoms with Crippen LogP contribution in [0.15, 0.2) is 22.7 Å². The van der Waals surface area contributed by atoms with Crippen LogP contribution in [-0.2, 0) is 0 Å². The Morgan fingerprint density at radius 2 is 1.95 bits per heavy atom. The number of rotatable bonds is 5. The third-order valence-corrected chi connectivity index (χ3v) is 4.18. The molecule has 0 saturated heterocycles. The van der Waals surface area contributed by atoms with Gasteiger partial charge in [-0.3, -0.25) is 14.5 Å². The first-order valence-electron chi connectivity index (χ1n) is 7.26. The summed E-state index contributed by atoms with van der Waals surface area (Å²) >= 11 is 3.30. The van der Waals surface area contributed by atoms with Crippen LogP contribution < -0.4 is 10.6 Å². The number of benzene rings is 1. The molecule has 0 unspecified atom stereocenters. The van der Waals surface area contributed by atoms with E-state index in [1.165, 1.54) is 4.90 Å². The van der Waals surface area contributed by atoms with E-state index in [-0.39, 0.29) is 17.8 Å². The number of imide groups is 1. The van der Waals surface area contributed by atoms with Gasteiger partial charge in [-0.25, -0.2) is 4.79 Å². The zero-order valence-corrected chi connectivity index (χ0v) is 13.5. The predicted octanol–water partition coefficient (Wildman–Crippen LogP) is 1.90. The number of hydrogen-bond donors (Lipinski definition) is 2. The largest absolute Gasteiger partial charge is 0.338 e. The number of hydrogen-bond acceptors (Lipinski definition) is 3. The highest BCUT2D eigenvalue weighted by atomic mass is 79.9. The lowest BCUT2D eigenvalue weighted by Crippen LogP contribution is -2.39. The molecule has 1 heterocycles. The van der Waals surface area contributed by atoms with Crippen molar-refractivity contribution in [1.82, 2.24) is 15.5 Å². The number of nitrogens with one attached hydrogen (secondary N) is 2. The van der Waals surface area contributed by atoms with Gasteiger partial charge in [0.2, 0.25) is 0 Å². The van der Waals surface area contributed by atoms with Crippen molar-refractivity contribution in [3.63, 3.8) is 0 Å². The first-order valence-corrected chi connectivity index (χ1v) is 8.05. The second-order valence-corrected chi connectivity index (χ2v) is 6.40. The number of halogens is 1. The summed E-state index contributed by atoms with van der Waals surface area (Å²) in [5, 5.41) is 5.55. The van der Waals surface area contributed by atoms with Gasteiger partial charge in [0.15, 0.2) is 0 Å². The van der Waals surface area contributed by atoms with Gasteiger partial charge in [0.25, 0.3) is 11.8 Å². The van der Waals surface area contributed by atoms with Gasteiger partial charge in [0.1, 0.15) is 0 Å². The van der Waals surface area contributed by atoms with E-state index in [2.05, 4.69) is 26.6 Å². The lowest BCUT2D eigenvalue weighted by molar-refractivity contribution is 0.0653. The van der Waals surface area contributed by atoms with E-state index in [1.807, 2.05) is 0 Å². The second-order valence-electron chi connectivity index (χ2n) is 5.48. The molecular formula is C15H16BrN3O3. The van der Waals surface area contributed by atoms with E-state index in [0.29, 0.717) is 36.7 Å². The first-order chi connectivity index (χ1) is 10.6. The first kappa shape index (κ1) is 15.0. The van der Waals surface area contributed by atoms with Crippen molar-refractivity contribution in [2.45, 2.75) is 25.3 Å². The summed E-state index contributed by atoms with van der Waals surface area (Å²) < 4.78 is 0.771. The zero-order valence-electron chi connectivity index (χ0n) is 11.9. The molecule has 1 saturated carbocycles. The molecule has 1 aromatic carbocycles. The van der Waals surface area contributed by atoms with E-state index >= 15 is 0 Å². The summed E-state index contributed by atoms with van der Waals surface area (Å²) in [6.07, 6.45) is 2.61. The van der Waals surface area contributed by atoms with Gasteiger partial charge >= 0.3 is 6.03 Å². The summed E-state index contributed by atoms with van der Waals surface area (Å²) in [5.41, 5.74) is 0.867. The van der Waals surface area contributed by atoms with Crippen molar-refractivity contribution in [1.29, 1.82) is 0 Å². The molecule has 22 heavy (non-hydrogen) atoms. The van der Waals surface area contributed by atoms with Gasteiger partial charge in [-0.2, -0.15) is 0 Å². The Morgan fingerprint density at radius 1 is 1.23 bits per heavy atom. The second kappa shape index (κ2) is 6.08. The molecule has 0 bridgehead atoms. The SMILES string of the molecule is O=C(NCCCN1C(=O)c2ccc(Br)cc2C1=O)NC1CC1. The maximum Gasteiger partial charge on any atom is 0.315 e. The minimum atomic E-state index is -0.274. The lowest BCUT2D eigenvalue weighted by atomic mass is 10.1. The summed E-state index contributed by atoms with van der Waals surface area (Å²) in [4.78, 5) is 37.1. The number of nitrogens with zero attached hydrogens (tertiary/aromatic N) is 1. The van der Waals surface area contributed by atoms with Crippen molar-refractivity contribution in [3.05, 3.63) is 33.8 Å². The molecule has 6 nitrogen and oxygen atoms in total. The topological polar surface area (TPSA) is 78.5 Å². The number of urea groups is 1. The Labute approximate surface area is 136 Å². The maximum absolute atomic E-state index is 12.2. The molecule has 4 amide bonds. The van der Waals surface area contributed by atoms with Crippen molar-refractivity contribution in [2.75, 3.05) is 13.1 Å². The number of amides is 4. The predicted molar refractivity (Wildman–Crippen MR) is 83.7 cm³/mol. The molecule has 2 N–H and O–H groups in total. The van der Waals surface area contributed by atoms with Crippen LogP contribution in [0.1, 0.15) is 40.0 Å². The van der Waals surface area contributed by atoms with Crippen molar-refractivity contribution in [2.24, 2.45) is 0 Å². The molecule has 7 heteroatoms. The van der Waals surface area contributed by atoms with E-state index in [1.54, 1.807) is 18.2 Å². The van der Waals surface area contributed by atoms with E-state index in [4.69, 9.17) is 0 Å². The summed E-state index contributed by atoms with van der Waals surface area (Å²) in [6, 6.07) is 5.19. The molecule has 116 valence electrons. The third-order valence-electron chi connectivity index (χ3n) is 3.69. The average molecular weight is 366 g/mol. The van der Waals surface area contributed by atoms with Gasteiger partial charge in [-0.05, 0) is 37.5 Å². The molecule has 1 fully saturated rings. The Bertz CT molecular complexity index is 643. The fourth-order valence-corrected chi connectivity index (χ4v) is 2.73. The normalized spacial score (nSPS) is 16.7. The molecule has 0 spiro atoms. The van der Waals surface area contributed by atoms with Crippen LogP contribution in [0.4, 0.5) is 4.79 Å². The Kier molecular flexibility index (Phi) is 4.15. The fourth-order valence-electron chi connectivity index (χ4n) is 2.37. The standard InChI is InChI=1S/C15H16BrN3O3/c16-9-2-5-11-12(8-9)14(21)19(13(11)20)7-1-6-17-15(22)18-10-3-4-10/h2,5,8,10H,1,3-4,6-7H2,(H2,17,18,22). The summed E-state index contributed by atoms with van der Waals surface area (Å²) in [7, 11) is 0. The minimum Gasteiger partial charge on any atom is -0.338 e. The molecular weight excluding hydrogens is 350 g/mol. The fraction of sp³-hybridized carbons (Fsp3) is 0.400. The average Bonchev–Trinajstić information content (AvgIpc) is 3.26. The van der Waals surface area contributed by atoms with Crippen LogP contribution in [0.3, 0.4) is 0 Å². The van der Waals surface area contributed by atoms with Crippen molar-refractivity contribution >= 4 is 33.8 Å². The monoisotopic (exact) mass is 365 g/mol. The highest BCUT2D eigenvalue weighted by Crippen LogP contribution is 2.26. The highest BCUT2D eigenvalue weighted by molar-refractivity contribution is 9.10. The Balaban J connectivity index is 1.50. The van der Waals surface area contributed by atoms with Gasteiger partial charge in [-0.15, -0.1) is 0 Å². The van der Waals surface area contributed by atoms with E-state index in [0.717, 1.165) is 17.3 Å². The van der Waals surface area contributed by atoms with Gasteiger partial charge < -0.3 is 10.6 Å². The molecule has 0 radical (unpaired) electrons. The molecule has 1 aliphatic carbocycles. The molecule has 0 aromatic heterocycles. The minimum absolute atomic E-state index is 0.186. The van der Waals surface area contributed by atoms with Gasteiger partial charge in [-0.1, -0.05) is 15.9 Å². The van der Waals surface area contributed by atoms with Crippen LogP contribution in [0.5, 0.6) is 0 Å². The molecule has 3 rings (SSSR count). The van der Waals surface area contributed by atoms with Crippen LogP contribution in [0.25, 0.3) is 0 Å². The lowest BCUT2D eigenvalue weighted by Gasteiger charge is -2.14. The number of carbonyl (C=O) groups excluding carboxylic acids is 3. The highest BCUT2D eigenvalue weighted by Gasteiger charge is 2.35. The van der Waals surface area contributed by atoms with Crippen molar-refractivity contribution in [3.8, 4) is 0 Å². The smallest absolute Gasteiger partial charge is 0.315 e. The number of fused-ring (bicyclic) bond motifs is 1. The summed E-state index contributed by atoms with van der Waals surface area (Å²) in [6.45, 7) is 0.726. The summed E-state index contributed by atoms with van der Waals surface area (Å²) in [5.74, 6) is -0.543. The van der Waals surface area contributed by atoms with Gasteiger partial charge in [0.05, 0.1) is 11.1 Å². The molecule has 1 aromatic rings. The van der Waals surface area contributed by atoms with Crippen LogP contribution in [-0.4, -0.2) is 41.9 Å².